The van der Waals surface area contributed by atoms with E-state index in [0.29, 0.717) is 5.92 Å². The first-order valence-electron chi connectivity index (χ1n) is 10.0. The van der Waals surface area contributed by atoms with Crippen LogP contribution in [-0.4, -0.2) is 0 Å². The lowest BCUT2D eigenvalue weighted by atomic mass is 9.90. The Morgan fingerprint density at radius 1 is 0.815 bits per heavy atom. The Hall–Kier alpha value is -2.41. The summed E-state index contributed by atoms with van der Waals surface area (Å²) in [5.74, 6) is 0.568. The summed E-state index contributed by atoms with van der Waals surface area (Å²) in [6.45, 7) is 13.5. The fourth-order valence-electron chi connectivity index (χ4n) is 4.66. The third-order valence-corrected chi connectivity index (χ3v) is 6.26. The van der Waals surface area contributed by atoms with Crippen LogP contribution in [0, 0.1) is 27.7 Å². The summed E-state index contributed by atoms with van der Waals surface area (Å²) in [5.41, 5.74) is 15.5. The Bertz CT molecular complexity index is 1070. The van der Waals surface area contributed by atoms with Crippen molar-refractivity contribution >= 4 is 0 Å². The van der Waals surface area contributed by atoms with E-state index in [2.05, 4.69) is 89.7 Å². The predicted molar refractivity (Wildman–Crippen MR) is 114 cm³/mol. The predicted octanol–water partition coefficient (Wildman–Crippen LogP) is 6.11. The van der Waals surface area contributed by atoms with E-state index >= 15 is 0 Å². The quantitative estimate of drug-likeness (QED) is 0.382. The van der Waals surface area contributed by atoms with Crippen molar-refractivity contribution in [2.45, 2.75) is 53.9 Å². The van der Waals surface area contributed by atoms with Gasteiger partial charge in [-0.3, -0.25) is 0 Å². The largest absolute Gasteiger partial charge is 0.213 e. The highest BCUT2D eigenvalue weighted by atomic mass is 14.9. The van der Waals surface area contributed by atoms with Crippen LogP contribution in [0.2, 0.25) is 0 Å². The lowest BCUT2D eigenvalue weighted by Crippen LogP contribution is -2.32. The molecule has 1 nitrogen and oxygen atoms in total. The van der Waals surface area contributed by atoms with Crippen LogP contribution in [0.3, 0.4) is 0 Å². The number of hydrogen-bond acceptors (Lipinski definition) is 0. The number of fused-ring (bicyclic) bond motifs is 3. The van der Waals surface area contributed by atoms with Gasteiger partial charge in [0.1, 0.15) is 7.05 Å². The van der Waals surface area contributed by atoms with Gasteiger partial charge >= 0.3 is 0 Å². The Kier molecular flexibility index (Phi) is 4.22. The molecular weight excluding hydrogens is 326 g/mol. The van der Waals surface area contributed by atoms with E-state index in [9.17, 15) is 0 Å². The molecule has 0 N–H and O–H groups in total. The normalized spacial score (nSPS) is 12.4. The van der Waals surface area contributed by atoms with Crippen LogP contribution in [-0.2, 0) is 13.5 Å². The van der Waals surface area contributed by atoms with Gasteiger partial charge in [0, 0.05) is 11.6 Å². The Balaban J connectivity index is 1.98. The number of aromatic nitrogens is 1. The van der Waals surface area contributed by atoms with Crippen molar-refractivity contribution in [3.8, 4) is 22.4 Å². The summed E-state index contributed by atoms with van der Waals surface area (Å²) >= 11 is 0. The maximum atomic E-state index is 2.43. The van der Waals surface area contributed by atoms with E-state index < -0.39 is 0 Å². The molecule has 0 spiro atoms. The third kappa shape index (κ3) is 2.81. The Labute approximate surface area is 163 Å². The van der Waals surface area contributed by atoms with E-state index in [1.807, 2.05) is 0 Å². The molecule has 0 fully saturated rings. The van der Waals surface area contributed by atoms with Gasteiger partial charge in [0.05, 0.1) is 5.56 Å². The minimum atomic E-state index is 0.568. The van der Waals surface area contributed by atoms with Gasteiger partial charge in [-0.2, -0.15) is 0 Å². The summed E-state index contributed by atoms with van der Waals surface area (Å²) < 4.78 is 2.29. The number of nitrogens with zero attached hydrogens (tertiary/aromatic N) is 1. The van der Waals surface area contributed by atoms with Crippen LogP contribution in [0.1, 0.15) is 58.7 Å². The fourth-order valence-corrected chi connectivity index (χ4v) is 4.66. The standard InChI is InChI=1S/C26H30N/c1-15(2)20-8-9-22-21(12-20)13-23-25(22)17(4)10-18(5)26(23)24-11-16(3)19(6)14-27(24)7/h8-12,14-15H,13H2,1-7H3/q+1. The van der Waals surface area contributed by atoms with Gasteiger partial charge in [-0.1, -0.05) is 38.1 Å². The molecule has 1 aromatic heterocycles. The van der Waals surface area contributed by atoms with Gasteiger partial charge in [0.25, 0.3) is 0 Å². The first-order valence-corrected chi connectivity index (χ1v) is 10.0. The topological polar surface area (TPSA) is 3.88 Å². The maximum Gasteiger partial charge on any atom is 0.213 e. The molecule has 0 unspecified atom stereocenters. The average molecular weight is 357 g/mol. The highest BCUT2D eigenvalue weighted by Crippen LogP contribution is 2.45. The highest BCUT2D eigenvalue weighted by Gasteiger charge is 2.28. The molecule has 0 aliphatic heterocycles. The zero-order valence-corrected chi connectivity index (χ0v) is 17.7. The average Bonchev–Trinajstić information content (AvgIpc) is 2.97. The van der Waals surface area contributed by atoms with Gasteiger partial charge < -0.3 is 0 Å². The van der Waals surface area contributed by atoms with Gasteiger partial charge in [0.15, 0.2) is 6.20 Å². The van der Waals surface area contributed by atoms with E-state index in [1.165, 1.54) is 61.3 Å². The molecule has 0 saturated heterocycles. The van der Waals surface area contributed by atoms with Crippen LogP contribution in [0.4, 0.5) is 0 Å². The molecule has 0 amide bonds. The number of aryl methyl sites for hydroxylation is 5. The summed E-state index contributed by atoms with van der Waals surface area (Å²) in [5, 5.41) is 0. The van der Waals surface area contributed by atoms with Crippen molar-refractivity contribution in [1.29, 1.82) is 0 Å². The molecule has 1 aliphatic rings. The molecule has 4 rings (SSSR count). The lowest BCUT2D eigenvalue weighted by molar-refractivity contribution is -0.660. The molecule has 1 aliphatic carbocycles. The number of benzene rings is 2. The van der Waals surface area contributed by atoms with Crippen molar-refractivity contribution in [2.75, 3.05) is 0 Å². The van der Waals surface area contributed by atoms with Gasteiger partial charge in [-0.15, -0.1) is 0 Å². The summed E-state index contributed by atoms with van der Waals surface area (Å²) in [4.78, 5) is 0. The van der Waals surface area contributed by atoms with Crippen LogP contribution >= 0.6 is 0 Å². The minimum absolute atomic E-state index is 0.568. The van der Waals surface area contributed by atoms with Crippen molar-refractivity contribution in [3.63, 3.8) is 0 Å². The molecule has 27 heavy (non-hydrogen) atoms. The zero-order chi connectivity index (χ0) is 19.5. The van der Waals surface area contributed by atoms with Crippen molar-refractivity contribution in [2.24, 2.45) is 7.05 Å². The number of rotatable bonds is 2. The Morgan fingerprint density at radius 3 is 2.22 bits per heavy atom. The second-order valence-corrected chi connectivity index (χ2v) is 8.62. The minimum Gasteiger partial charge on any atom is -0.201 e. The van der Waals surface area contributed by atoms with Crippen molar-refractivity contribution < 1.29 is 4.57 Å². The van der Waals surface area contributed by atoms with E-state index in [-0.39, 0.29) is 0 Å². The third-order valence-electron chi connectivity index (χ3n) is 6.26. The van der Waals surface area contributed by atoms with Gasteiger partial charge in [-0.05, 0) is 84.5 Å². The summed E-state index contributed by atoms with van der Waals surface area (Å²) in [7, 11) is 2.17. The summed E-state index contributed by atoms with van der Waals surface area (Å²) in [6.07, 6.45) is 3.30. The SMILES string of the molecule is Cc1cc(-c2c(C)cc(C)c3c2Cc2cc(C(C)C)ccc2-3)[n+](C)cc1C. The lowest BCUT2D eigenvalue weighted by Gasteiger charge is -2.15. The molecule has 3 aromatic rings. The highest BCUT2D eigenvalue weighted by molar-refractivity contribution is 5.87. The fraction of sp³-hybridized carbons (Fsp3) is 0.346. The first-order chi connectivity index (χ1) is 12.8. The molecule has 2 aromatic carbocycles. The molecule has 138 valence electrons. The molecule has 0 bridgehead atoms. The molecular formula is C26H30N+. The first kappa shape index (κ1) is 18.0. The van der Waals surface area contributed by atoms with Crippen LogP contribution < -0.4 is 4.57 Å². The maximum absolute atomic E-state index is 2.43. The van der Waals surface area contributed by atoms with E-state index in [0.717, 1.165) is 6.42 Å². The second-order valence-electron chi connectivity index (χ2n) is 8.62. The molecule has 0 saturated carbocycles. The van der Waals surface area contributed by atoms with Gasteiger partial charge in [0.2, 0.25) is 5.69 Å². The van der Waals surface area contributed by atoms with Crippen LogP contribution in [0.5, 0.6) is 0 Å². The monoisotopic (exact) mass is 356 g/mol. The van der Waals surface area contributed by atoms with E-state index in [1.54, 1.807) is 0 Å². The number of hydrogen-bond donors (Lipinski definition) is 0. The van der Waals surface area contributed by atoms with Gasteiger partial charge in [-0.25, -0.2) is 4.57 Å². The van der Waals surface area contributed by atoms with Crippen molar-refractivity contribution in [1.82, 2.24) is 0 Å². The van der Waals surface area contributed by atoms with Crippen LogP contribution in [0.15, 0.2) is 36.5 Å². The second kappa shape index (κ2) is 6.34. The Morgan fingerprint density at radius 2 is 1.52 bits per heavy atom. The molecule has 0 atom stereocenters. The molecule has 0 radical (unpaired) electrons. The summed E-state index contributed by atoms with van der Waals surface area (Å²) in [6, 6.07) is 11.8. The number of pyridine rings is 1. The molecule has 1 heterocycles. The van der Waals surface area contributed by atoms with Crippen molar-refractivity contribution in [3.05, 3.63) is 75.5 Å². The smallest absolute Gasteiger partial charge is 0.201 e. The van der Waals surface area contributed by atoms with E-state index in [4.69, 9.17) is 0 Å². The van der Waals surface area contributed by atoms with Crippen LogP contribution in [0.25, 0.3) is 22.4 Å². The zero-order valence-electron chi connectivity index (χ0n) is 17.7. The molecule has 1 heteroatoms.